The second-order valence-electron chi connectivity index (χ2n) is 3.63. The Morgan fingerprint density at radius 3 is 2.67 bits per heavy atom. The van der Waals surface area contributed by atoms with Crippen LogP contribution in [0, 0.1) is 0 Å². The molecule has 1 heterocycles. The van der Waals surface area contributed by atoms with Crippen molar-refractivity contribution in [2.75, 3.05) is 17.6 Å². The number of nitrogens with zero attached hydrogens (tertiary/aromatic N) is 2. The maximum atomic E-state index is 9.43. The zero-order valence-corrected chi connectivity index (χ0v) is 9.62. The summed E-state index contributed by atoms with van der Waals surface area (Å²) in [6.07, 6.45) is 1.20. The number of hydrogen-bond acceptors (Lipinski definition) is 4. The van der Waals surface area contributed by atoms with Gasteiger partial charge >= 0.3 is 0 Å². The fourth-order valence-corrected chi connectivity index (χ4v) is 1.43. The van der Waals surface area contributed by atoms with E-state index in [1.807, 2.05) is 20.9 Å². The summed E-state index contributed by atoms with van der Waals surface area (Å²) in [7, 11) is 1.84. The van der Waals surface area contributed by atoms with Gasteiger partial charge in [-0.15, -0.1) is 0 Å². The number of hydrogen-bond donors (Lipinski definition) is 3. The summed E-state index contributed by atoms with van der Waals surface area (Å²) < 4.78 is 1.72. The molecule has 4 N–H and O–H groups in total. The molecule has 0 aliphatic carbocycles. The molecule has 15 heavy (non-hydrogen) atoms. The molecule has 0 radical (unpaired) electrons. The Labute approximate surface area is 90.3 Å². The fourth-order valence-electron chi connectivity index (χ4n) is 1.43. The minimum Gasteiger partial charge on any atom is -0.394 e. The molecule has 1 aromatic rings. The summed E-state index contributed by atoms with van der Waals surface area (Å²) in [5, 5.41) is 16.8. The highest BCUT2D eigenvalue weighted by atomic mass is 16.3. The van der Waals surface area contributed by atoms with Crippen LogP contribution in [0.5, 0.6) is 0 Å². The SMILES string of the molecule is CCc1nn(C)c(NCC(O)CC)c1N. The summed E-state index contributed by atoms with van der Waals surface area (Å²) in [5.41, 5.74) is 7.49. The maximum Gasteiger partial charge on any atom is 0.147 e. The number of aromatic nitrogens is 2. The molecule has 0 saturated heterocycles. The largest absolute Gasteiger partial charge is 0.394 e. The van der Waals surface area contributed by atoms with E-state index in [0.29, 0.717) is 12.2 Å². The molecule has 0 bridgehead atoms. The van der Waals surface area contributed by atoms with Crippen LogP contribution in [0.1, 0.15) is 26.0 Å². The summed E-state index contributed by atoms with van der Waals surface area (Å²) in [4.78, 5) is 0. The van der Waals surface area contributed by atoms with Gasteiger partial charge in [0, 0.05) is 13.6 Å². The van der Waals surface area contributed by atoms with Crippen molar-refractivity contribution >= 4 is 11.5 Å². The van der Waals surface area contributed by atoms with Gasteiger partial charge in [-0.25, -0.2) is 0 Å². The quantitative estimate of drug-likeness (QED) is 0.673. The molecule has 0 aromatic carbocycles. The number of aliphatic hydroxyl groups excluding tert-OH is 1. The first-order valence-electron chi connectivity index (χ1n) is 5.33. The van der Waals surface area contributed by atoms with E-state index in [2.05, 4.69) is 10.4 Å². The molecular formula is C10H20N4O. The lowest BCUT2D eigenvalue weighted by Crippen LogP contribution is -2.20. The van der Waals surface area contributed by atoms with Crippen molar-refractivity contribution in [3.05, 3.63) is 5.69 Å². The molecule has 5 nitrogen and oxygen atoms in total. The average molecular weight is 212 g/mol. The van der Waals surface area contributed by atoms with Gasteiger partial charge in [0.05, 0.1) is 17.5 Å². The van der Waals surface area contributed by atoms with Crippen molar-refractivity contribution in [2.45, 2.75) is 32.8 Å². The van der Waals surface area contributed by atoms with E-state index in [1.165, 1.54) is 0 Å². The van der Waals surface area contributed by atoms with E-state index in [4.69, 9.17) is 5.73 Å². The van der Waals surface area contributed by atoms with Crippen molar-refractivity contribution in [1.29, 1.82) is 0 Å². The predicted octanol–water partition coefficient (Wildman–Crippen LogP) is 0.747. The van der Waals surface area contributed by atoms with Crippen LogP contribution in [0.3, 0.4) is 0 Å². The van der Waals surface area contributed by atoms with Crippen LogP contribution in [0.25, 0.3) is 0 Å². The number of rotatable bonds is 5. The van der Waals surface area contributed by atoms with Crippen molar-refractivity contribution in [2.24, 2.45) is 7.05 Å². The normalized spacial score (nSPS) is 12.8. The molecule has 0 aliphatic rings. The second kappa shape index (κ2) is 5.02. The predicted molar refractivity (Wildman–Crippen MR) is 61.8 cm³/mol. The van der Waals surface area contributed by atoms with E-state index >= 15 is 0 Å². The molecule has 0 amide bonds. The maximum absolute atomic E-state index is 9.43. The Balaban J connectivity index is 2.72. The highest BCUT2D eigenvalue weighted by Gasteiger charge is 2.12. The van der Waals surface area contributed by atoms with Gasteiger partial charge in [0.25, 0.3) is 0 Å². The van der Waals surface area contributed by atoms with Gasteiger partial charge in [0.15, 0.2) is 0 Å². The van der Waals surface area contributed by atoms with Crippen LogP contribution >= 0.6 is 0 Å². The standard InChI is InChI=1S/C10H20N4O/c1-4-7(15)6-12-10-9(11)8(5-2)13-14(10)3/h7,12,15H,4-6,11H2,1-3H3. The van der Waals surface area contributed by atoms with Gasteiger partial charge in [0.2, 0.25) is 0 Å². The minimum absolute atomic E-state index is 0.343. The number of aliphatic hydroxyl groups is 1. The highest BCUT2D eigenvalue weighted by molar-refractivity contribution is 5.64. The number of nitrogens with two attached hydrogens (primary N) is 1. The van der Waals surface area contributed by atoms with Gasteiger partial charge in [-0.3, -0.25) is 4.68 Å². The summed E-state index contributed by atoms with van der Waals surface area (Å²) in [6.45, 7) is 4.46. The molecule has 1 aromatic heterocycles. The number of nitrogens with one attached hydrogen (secondary N) is 1. The van der Waals surface area contributed by atoms with Crippen molar-refractivity contribution < 1.29 is 5.11 Å². The summed E-state index contributed by atoms with van der Waals surface area (Å²) in [6, 6.07) is 0. The zero-order valence-electron chi connectivity index (χ0n) is 9.62. The average Bonchev–Trinajstić information content (AvgIpc) is 2.51. The third kappa shape index (κ3) is 2.62. The number of nitrogen functional groups attached to an aromatic ring is 1. The molecule has 86 valence electrons. The van der Waals surface area contributed by atoms with E-state index < -0.39 is 0 Å². The molecule has 1 atom stereocenters. The van der Waals surface area contributed by atoms with Crippen LogP contribution in [-0.2, 0) is 13.5 Å². The summed E-state index contributed by atoms with van der Waals surface area (Å²) in [5.74, 6) is 0.791. The van der Waals surface area contributed by atoms with Gasteiger partial charge in [-0.05, 0) is 12.8 Å². The van der Waals surface area contributed by atoms with Crippen LogP contribution in [0.2, 0.25) is 0 Å². The zero-order chi connectivity index (χ0) is 11.4. The van der Waals surface area contributed by atoms with Gasteiger partial charge < -0.3 is 16.2 Å². The van der Waals surface area contributed by atoms with Gasteiger partial charge in [0.1, 0.15) is 5.82 Å². The first-order chi connectivity index (χ1) is 7.10. The molecule has 1 unspecified atom stereocenters. The molecule has 1 rings (SSSR count). The van der Waals surface area contributed by atoms with Crippen molar-refractivity contribution in [3.8, 4) is 0 Å². The molecule has 0 aliphatic heterocycles. The molecule has 0 fully saturated rings. The van der Waals surface area contributed by atoms with Gasteiger partial charge in [-0.2, -0.15) is 5.10 Å². The van der Waals surface area contributed by atoms with Crippen LogP contribution in [-0.4, -0.2) is 27.5 Å². The molecule has 0 spiro atoms. The highest BCUT2D eigenvalue weighted by Crippen LogP contribution is 2.21. The summed E-state index contributed by atoms with van der Waals surface area (Å²) >= 11 is 0. The number of aryl methyl sites for hydroxylation is 2. The Bertz CT molecular complexity index is 321. The Hall–Kier alpha value is -1.23. The van der Waals surface area contributed by atoms with Crippen LogP contribution < -0.4 is 11.1 Å². The Kier molecular flexibility index (Phi) is 3.96. The lowest BCUT2D eigenvalue weighted by Gasteiger charge is -2.11. The van der Waals surface area contributed by atoms with Crippen molar-refractivity contribution in [1.82, 2.24) is 9.78 Å². The first-order valence-corrected chi connectivity index (χ1v) is 5.33. The third-order valence-electron chi connectivity index (χ3n) is 2.47. The Morgan fingerprint density at radius 1 is 1.53 bits per heavy atom. The second-order valence-corrected chi connectivity index (χ2v) is 3.63. The van der Waals surface area contributed by atoms with Gasteiger partial charge in [-0.1, -0.05) is 13.8 Å². The van der Waals surface area contributed by atoms with E-state index in [9.17, 15) is 5.11 Å². The molecular weight excluding hydrogens is 192 g/mol. The van der Waals surface area contributed by atoms with Crippen LogP contribution in [0.15, 0.2) is 0 Å². The first kappa shape index (κ1) is 11.8. The van der Waals surface area contributed by atoms with E-state index in [1.54, 1.807) is 4.68 Å². The minimum atomic E-state index is -0.343. The van der Waals surface area contributed by atoms with Crippen molar-refractivity contribution in [3.63, 3.8) is 0 Å². The Morgan fingerprint density at radius 2 is 2.20 bits per heavy atom. The topological polar surface area (TPSA) is 76.1 Å². The lowest BCUT2D eigenvalue weighted by atomic mass is 10.2. The molecule has 0 saturated carbocycles. The van der Waals surface area contributed by atoms with Crippen LogP contribution in [0.4, 0.5) is 11.5 Å². The lowest BCUT2D eigenvalue weighted by molar-refractivity contribution is 0.183. The smallest absolute Gasteiger partial charge is 0.147 e. The fraction of sp³-hybridized carbons (Fsp3) is 0.700. The van der Waals surface area contributed by atoms with E-state index in [-0.39, 0.29) is 6.10 Å². The van der Waals surface area contributed by atoms with E-state index in [0.717, 1.165) is 24.4 Å². The number of anilines is 2. The monoisotopic (exact) mass is 212 g/mol. The third-order valence-corrected chi connectivity index (χ3v) is 2.47. The molecule has 5 heteroatoms.